The zero-order valence-corrected chi connectivity index (χ0v) is 35.2. The van der Waals surface area contributed by atoms with Gasteiger partial charge in [-0.15, -0.1) is 0 Å². The Morgan fingerprint density at radius 3 is 1.91 bits per heavy atom. The summed E-state index contributed by atoms with van der Waals surface area (Å²) in [6.45, 7) is 42.0. The number of rotatable bonds is 9. The number of allylic oxidation sites excluding steroid dienone is 3. The molecule has 3 fully saturated rings. The lowest BCUT2D eigenvalue weighted by Crippen LogP contribution is -2.55. The van der Waals surface area contributed by atoms with E-state index >= 15 is 0 Å². The van der Waals surface area contributed by atoms with E-state index in [4.69, 9.17) is 8.85 Å². The second-order valence-corrected chi connectivity index (χ2v) is 30.4. The van der Waals surface area contributed by atoms with Crippen LogP contribution in [0.2, 0.25) is 36.3 Å². The summed E-state index contributed by atoms with van der Waals surface area (Å²) in [7, 11) is -3.75. The molecular formula is C41H76O2Si2. The van der Waals surface area contributed by atoms with Gasteiger partial charge in [0.25, 0.3) is 0 Å². The van der Waals surface area contributed by atoms with Crippen LogP contribution in [0.4, 0.5) is 0 Å². The molecule has 0 spiro atoms. The molecule has 45 heavy (non-hydrogen) atoms. The van der Waals surface area contributed by atoms with Crippen molar-refractivity contribution in [2.45, 2.75) is 190 Å². The second-order valence-electron chi connectivity index (χ2n) is 20.9. The van der Waals surface area contributed by atoms with Crippen LogP contribution in [0.3, 0.4) is 0 Å². The third-order valence-electron chi connectivity index (χ3n) is 15.0. The van der Waals surface area contributed by atoms with Crippen molar-refractivity contribution in [3.63, 3.8) is 0 Å². The first-order valence-electron chi connectivity index (χ1n) is 19.1. The Hall–Kier alpha value is -0.166. The van der Waals surface area contributed by atoms with Gasteiger partial charge in [-0.25, -0.2) is 0 Å². The smallest absolute Gasteiger partial charge is 0.192 e. The fourth-order valence-electron chi connectivity index (χ4n) is 10.2. The largest absolute Gasteiger partial charge is 0.414 e. The Kier molecular flexibility index (Phi) is 10.3. The van der Waals surface area contributed by atoms with Gasteiger partial charge in [0.05, 0.1) is 6.10 Å². The lowest BCUT2D eigenvalue weighted by Gasteiger charge is -2.60. The van der Waals surface area contributed by atoms with Crippen molar-refractivity contribution in [3.8, 4) is 0 Å². The van der Waals surface area contributed by atoms with Gasteiger partial charge in [-0.05, 0) is 109 Å². The summed E-state index contributed by atoms with van der Waals surface area (Å²) in [4.78, 5) is 0. The molecular weight excluding hydrogens is 581 g/mol. The predicted octanol–water partition coefficient (Wildman–Crippen LogP) is 13.0. The Labute approximate surface area is 283 Å². The van der Waals surface area contributed by atoms with E-state index in [0.29, 0.717) is 41.3 Å². The highest BCUT2D eigenvalue weighted by Gasteiger charge is 2.63. The summed E-state index contributed by atoms with van der Waals surface area (Å²) in [5.74, 6) is 3.45. The lowest BCUT2D eigenvalue weighted by atomic mass is 9.46. The SMILES string of the molecule is CC(C)CCC[C@@H](C)[C@H]1[C@@H](O[Si](C)(C)C(C)(C)C)C[C@H]2C3=CC=C4C(C)(C)[C@@H](O[Si](C)(C)C(C)(C)C)CC[C@]4(C)[C@H]3CC[C@]12C. The van der Waals surface area contributed by atoms with Gasteiger partial charge in [0.15, 0.2) is 16.6 Å². The van der Waals surface area contributed by atoms with Crippen molar-refractivity contribution in [2.24, 2.45) is 45.8 Å². The normalized spacial score (nSPS) is 36.2. The molecule has 0 aromatic rings. The van der Waals surface area contributed by atoms with Gasteiger partial charge in [-0.1, -0.05) is 133 Å². The zero-order valence-electron chi connectivity index (χ0n) is 33.2. The molecule has 4 heteroatoms. The molecule has 8 atom stereocenters. The van der Waals surface area contributed by atoms with E-state index in [-0.39, 0.29) is 20.9 Å². The number of hydrogen-bond donors (Lipinski definition) is 0. The maximum Gasteiger partial charge on any atom is 0.192 e. The molecule has 0 radical (unpaired) electrons. The lowest BCUT2D eigenvalue weighted by molar-refractivity contribution is -0.0165. The monoisotopic (exact) mass is 657 g/mol. The van der Waals surface area contributed by atoms with Crippen LogP contribution in [0.25, 0.3) is 0 Å². The molecule has 0 aliphatic heterocycles. The van der Waals surface area contributed by atoms with Crippen LogP contribution < -0.4 is 0 Å². The first-order valence-corrected chi connectivity index (χ1v) is 24.9. The minimum atomic E-state index is -1.89. The zero-order chi connectivity index (χ0) is 34.2. The van der Waals surface area contributed by atoms with Gasteiger partial charge in [-0.2, -0.15) is 0 Å². The van der Waals surface area contributed by atoms with Gasteiger partial charge < -0.3 is 8.85 Å². The van der Waals surface area contributed by atoms with Crippen LogP contribution in [0.5, 0.6) is 0 Å². The van der Waals surface area contributed by atoms with Gasteiger partial charge in [0, 0.05) is 11.5 Å². The highest BCUT2D eigenvalue weighted by Crippen LogP contribution is 2.69. The fourth-order valence-corrected chi connectivity index (χ4v) is 13.0. The van der Waals surface area contributed by atoms with E-state index in [1.165, 1.54) is 51.4 Å². The van der Waals surface area contributed by atoms with E-state index in [9.17, 15) is 0 Å². The Morgan fingerprint density at radius 2 is 1.36 bits per heavy atom. The summed E-state index contributed by atoms with van der Waals surface area (Å²) < 4.78 is 14.7. The molecule has 0 unspecified atom stereocenters. The van der Waals surface area contributed by atoms with E-state index < -0.39 is 16.6 Å². The van der Waals surface area contributed by atoms with Crippen LogP contribution in [0, 0.1) is 45.8 Å². The summed E-state index contributed by atoms with van der Waals surface area (Å²) in [5, 5.41) is 0.473. The molecule has 0 bridgehead atoms. The quantitative estimate of drug-likeness (QED) is 0.230. The minimum Gasteiger partial charge on any atom is -0.414 e. The topological polar surface area (TPSA) is 18.5 Å². The second kappa shape index (κ2) is 12.3. The highest BCUT2D eigenvalue weighted by molar-refractivity contribution is 6.74. The van der Waals surface area contributed by atoms with Crippen LogP contribution in [0.15, 0.2) is 23.3 Å². The van der Waals surface area contributed by atoms with E-state index in [2.05, 4.69) is 128 Å². The Balaban J connectivity index is 1.70. The molecule has 4 rings (SSSR count). The van der Waals surface area contributed by atoms with Crippen LogP contribution >= 0.6 is 0 Å². The molecule has 0 aromatic carbocycles. The first-order chi connectivity index (χ1) is 20.3. The van der Waals surface area contributed by atoms with Crippen molar-refractivity contribution in [1.82, 2.24) is 0 Å². The first kappa shape index (κ1) is 37.6. The van der Waals surface area contributed by atoms with Crippen molar-refractivity contribution in [1.29, 1.82) is 0 Å². The molecule has 0 N–H and O–H groups in total. The maximum atomic E-state index is 7.50. The van der Waals surface area contributed by atoms with Gasteiger partial charge in [0.1, 0.15) is 0 Å². The average molecular weight is 657 g/mol. The molecule has 0 heterocycles. The highest BCUT2D eigenvalue weighted by atomic mass is 28.4. The van der Waals surface area contributed by atoms with Gasteiger partial charge >= 0.3 is 0 Å². The minimum absolute atomic E-state index is 0.0580. The third kappa shape index (κ3) is 6.72. The van der Waals surface area contributed by atoms with Crippen LogP contribution in [0.1, 0.15) is 141 Å². The molecule has 4 aliphatic carbocycles. The molecule has 260 valence electrons. The average Bonchev–Trinajstić information content (AvgIpc) is 3.15. The predicted molar refractivity (Wildman–Crippen MR) is 202 cm³/mol. The van der Waals surface area contributed by atoms with Crippen molar-refractivity contribution in [2.75, 3.05) is 0 Å². The van der Waals surface area contributed by atoms with E-state index in [1.54, 1.807) is 11.1 Å². The van der Waals surface area contributed by atoms with Crippen molar-refractivity contribution >= 4 is 16.6 Å². The number of hydrogen-bond acceptors (Lipinski definition) is 2. The summed E-state index contributed by atoms with van der Waals surface area (Å²) in [5.41, 5.74) is 4.08. The molecule has 4 aliphatic rings. The van der Waals surface area contributed by atoms with Gasteiger partial charge in [-0.3, -0.25) is 0 Å². The molecule has 0 aromatic heterocycles. The van der Waals surface area contributed by atoms with E-state index in [0.717, 1.165) is 5.92 Å². The fraction of sp³-hybridized carbons (Fsp3) is 0.902. The van der Waals surface area contributed by atoms with E-state index in [1.807, 2.05) is 0 Å². The number of fused-ring (bicyclic) bond motifs is 5. The summed E-state index contributed by atoms with van der Waals surface area (Å²) >= 11 is 0. The molecule has 0 amide bonds. The summed E-state index contributed by atoms with van der Waals surface area (Å²) in [6, 6.07) is 0. The standard InChI is InChI=1S/C41H76O2Si2/c1-28(2)19-18-20-29(3)36-33(42-44(14,15)37(4,5)6)27-32-30-21-22-34-39(10,11)35(43-45(16,17)38(7,8)9)24-26-40(34,12)31(30)23-25-41(32,36)13/h21-22,28-29,31-33,35-36H,18-20,23-27H2,1-17H3/t29-,31+,32+,33+,35+,36+,40-,41+/m1/s1. The van der Waals surface area contributed by atoms with Crippen LogP contribution in [-0.2, 0) is 8.85 Å². The van der Waals surface area contributed by atoms with Crippen molar-refractivity contribution < 1.29 is 8.85 Å². The Bertz CT molecular complexity index is 1130. The maximum absolute atomic E-state index is 7.50. The van der Waals surface area contributed by atoms with Crippen molar-refractivity contribution in [3.05, 3.63) is 23.3 Å². The van der Waals surface area contributed by atoms with Crippen LogP contribution in [-0.4, -0.2) is 28.8 Å². The molecule has 0 saturated heterocycles. The van der Waals surface area contributed by atoms with Gasteiger partial charge in [0.2, 0.25) is 0 Å². The molecule has 2 nitrogen and oxygen atoms in total. The Morgan fingerprint density at radius 1 is 0.778 bits per heavy atom. The summed E-state index contributed by atoms with van der Waals surface area (Å²) in [6.07, 6.45) is 16.4. The third-order valence-corrected chi connectivity index (χ3v) is 24.0. The molecule has 3 saturated carbocycles.